The van der Waals surface area contributed by atoms with Gasteiger partial charge in [0.25, 0.3) is 0 Å². The smallest absolute Gasteiger partial charge is 0.0782 e. The van der Waals surface area contributed by atoms with Gasteiger partial charge in [-0.3, -0.25) is 0 Å². The molecule has 0 fully saturated rings. The standard InChI is InChI=1S/C24H52N.C2H4O2/c1-5-7-9-11-13-15-16-18-20-22-24-25(3,4)23-21-19-17-14-12-10-8-6-2;1-2(3)4/h5-24H2,1-4H3;1H3,(H,3,4)/q+1;/p-1. The van der Waals surface area contributed by atoms with E-state index in [1.165, 1.54) is 133 Å². The zero-order valence-electron chi connectivity index (χ0n) is 20.9. The van der Waals surface area contributed by atoms with Gasteiger partial charge >= 0.3 is 0 Å². The Morgan fingerprint density at radius 1 is 0.552 bits per heavy atom. The summed E-state index contributed by atoms with van der Waals surface area (Å²) in [6.07, 6.45) is 26.0. The fraction of sp³-hybridized carbons (Fsp3) is 0.962. The molecule has 0 aromatic rings. The quantitative estimate of drug-likeness (QED) is 0.161. The van der Waals surface area contributed by atoms with Gasteiger partial charge in [-0.25, -0.2) is 0 Å². The molecule has 0 unspecified atom stereocenters. The van der Waals surface area contributed by atoms with Crippen LogP contribution in [0, 0.1) is 0 Å². The molecule has 0 atom stereocenters. The summed E-state index contributed by atoms with van der Waals surface area (Å²) < 4.78 is 1.24. The number of quaternary nitrogens is 1. The first-order valence-electron chi connectivity index (χ1n) is 12.8. The SMILES string of the molecule is CC(=O)[O-].CCCCCCCCCCCC[N+](C)(C)CCCCCCCCCC. The van der Waals surface area contributed by atoms with Crippen LogP contribution in [0.4, 0.5) is 0 Å². The van der Waals surface area contributed by atoms with Crippen molar-refractivity contribution >= 4 is 5.97 Å². The molecule has 0 amide bonds. The fourth-order valence-corrected chi connectivity index (χ4v) is 3.81. The Kier molecular flexibility index (Phi) is 25.0. The molecule has 0 saturated carbocycles. The average molecular weight is 414 g/mol. The van der Waals surface area contributed by atoms with Crippen LogP contribution < -0.4 is 5.11 Å². The minimum Gasteiger partial charge on any atom is -0.550 e. The van der Waals surface area contributed by atoms with Gasteiger partial charge in [0.1, 0.15) is 0 Å². The van der Waals surface area contributed by atoms with Gasteiger partial charge in [-0.1, -0.05) is 104 Å². The molecule has 0 bridgehead atoms. The highest BCUT2D eigenvalue weighted by atomic mass is 16.4. The van der Waals surface area contributed by atoms with Crippen molar-refractivity contribution in [3.63, 3.8) is 0 Å². The number of hydrogen-bond donors (Lipinski definition) is 0. The first kappa shape index (κ1) is 30.6. The predicted octanol–water partition coefficient (Wildman–Crippen LogP) is 6.88. The van der Waals surface area contributed by atoms with Crippen molar-refractivity contribution in [2.24, 2.45) is 0 Å². The van der Waals surface area contributed by atoms with Gasteiger partial charge in [0.05, 0.1) is 27.2 Å². The number of nitrogens with zero attached hydrogens (tertiary/aromatic N) is 1. The zero-order valence-corrected chi connectivity index (χ0v) is 20.9. The van der Waals surface area contributed by atoms with E-state index >= 15 is 0 Å². The summed E-state index contributed by atoms with van der Waals surface area (Å²) in [5.74, 6) is -1.08. The third-order valence-electron chi connectivity index (χ3n) is 5.73. The second-order valence-corrected chi connectivity index (χ2v) is 9.53. The normalized spacial score (nSPS) is 11.2. The van der Waals surface area contributed by atoms with Gasteiger partial charge in [-0.05, 0) is 32.6 Å². The van der Waals surface area contributed by atoms with Crippen LogP contribution >= 0.6 is 0 Å². The van der Waals surface area contributed by atoms with Crippen molar-refractivity contribution < 1.29 is 14.4 Å². The number of hydrogen-bond acceptors (Lipinski definition) is 2. The third kappa shape index (κ3) is 32.3. The maximum atomic E-state index is 8.89. The summed E-state index contributed by atoms with van der Waals surface area (Å²) in [4.78, 5) is 8.89. The van der Waals surface area contributed by atoms with Crippen LogP contribution in [-0.4, -0.2) is 37.6 Å². The highest BCUT2D eigenvalue weighted by molar-refractivity contribution is 5.60. The Hall–Kier alpha value is -0.570. The summed E-state index contributed by atoms with van der Waals surface area (Å²) in [5, 5.41) is 8.89. The summed E-state index contributed by atoms with van der Waals surface area (Å²) in [6, 6.07) is 0. The van der Waals surface area contributed by atoms with Gasteiger partial charge < -0.3 is 14.4 Å². The molecule has 0 aliphatic heterocycles. The van der Waals surface area contributed by atoms with E-state index in [-0.39, 0.29) is 0 Å². The number of rotatable bonds is 20. The molecule has 0 spiro atoms. The lowest BCUT2D eigenvalue weighted by molar-refractivity contribution is -0.890. The number of carboxylic acid groups (broad SMARTS) is 1. The van der Waals surface area contributed by atoms with Crippen LogP contribution in [-0.2, 0) is 4.79 Å². The van der Waals surface area contributed by atoms with Gasteiger partial charge in [0, 0.05) is 5.97 Å². The number of aliphatic carboxylic acids is 1. The molecule has 0 radical (unpaired) electrons. The molecule has 3 heteroatoms. The third-order valence-corrected chi connectivity index (χ3v) is 5.73. The molecule has 0 N–H and O–H groups in total. The van der Waals surface area contributed by atoms with E-state index in [9.17, 15) is 0 Å². The second kappa shape index (κ2) is 23.7. The lowest BCUT2D eigenvalue weighted by atomic mass is 10.1. The Morgan fingerprint density at radius 2 is 0.759 bits per heavy atom. The molecule has 0 heterocycles. The van der Waals surface area contributed by atoms with E-state index in [1.54, 1.807) is 0 Å². The Labute approximate surface area is 184 Å². The van der Waals surface area contributed by atoms with E-state index in [0.717, 1.165) is 6.92 Å². The average Bonchev–Trinajstić information content (AvgIpc) is 2.65. The highest BCUT2D eigenvalue weighted by Gasteiger charge is 2.13. The molecule has 176 valence electrons. The van der Waals surface area contributed by atoms with Crippen LogP contribution in [0.3, 0.4) is 0 Å². The minimum atomic E-state index is -1.08. The molecule has 0 rings (SSSR count). The molecule has 0 saturated heterocycles. The highest BCUT2D eigenvalue weighted by Crippen LogP contribution is 2.13. The van der Waals surface area contributed by atoms with E-state index in [0.29, 0.717) is 0 Å². The predicted molar refractivity (Wildman–Crippen MR) is 127 cm³/mol. The molecule has 29 heavy (non-hydrogen) atoms. The molecule has 0 aromatic carbocycles. The van der Waals surface area contributed by atoms with E-state index < -0.39 is 5.97 Å². The van der Waals surface area contributed by atoms with Crippen LogP contribution in [0.2, 0.25) is 0 Å². The van der Waals surface area contributed by atoms with Crippen molar-refractivity contribution in [3.05, 3.63) is 0 Å². The van der Waals surface area contributed by atoms with Crippen molar-refractivity contribution in [2.75, 3.05) is 27.2 Å². The van der Waals surface area contributed by atoms with Crippen LogP contribution in [0.25, 0.3) is 0 Å². The summed E-state index contributed by atoms with van der Waals surface area (Å²) in [6.45, 7) is 8.34. The van der Waals surface area contributed by atoms with Crippen LogP contribution in [0.15, 0.2) is 0 Å². The zero-order chi connectivity index (χ0) is 22.2. The number of carbonyl (C=O) groups is 1. The fourth-order valence-electron chi connectivity index (χ4n) is 3.81. The number of carboxylic acids is 1. The second-order valence-electron chi connectivity index (χ2n) is 9.53. The molecule has 0 aliphatic rings. The summed E-state index contributed by atoms with van der Waals surface area (Å²) in [5.41, 5.74) is 0. The number of unbranched alkanes of at least 4 members (excludes halogenated alkanes) is 16. The maximum absolute atomic E-state index is 8.89. The monoisotopic (exact) mass is 413 g/mol. The van der Waals surface area contributed by atoms with Gasteiger partial charge in [-0.15, -0.1) is 0 Å². The molecule has 0 aliphatic carbocycles. The minimum absolute atomic E-state index is 0.972. The van der Waals surface area contributed by atoms with Crippen molar-refractivity contribution in [3.8, 4) is 0 Å². The van der Waals surface area contributed by atoms with Gasteiger partial charge in [0.2, 0.25) is 0 Å². The van der Waals surface area contributed by atoms with E-state index in [4.69, 9.17) is 9.90 Å². The first-order chi connectivity index (χ1) is 13.9. The summed E-state index contributed by atoms with van der Waals surface area (Å²) >= 11 is 0. The number of carbonyl (C=O) groups excluding carboxylic acids is 1. The molecule has 0 aromatic heterocycles. The lowest BCUT2D eigenvalue weighted by Gasteiger charge is -2.30. The Balaban J connectivity index is 0. The van der Waals surface area contributed by atoms with Gasteiger partial charge in [0.15, 0.2) is 0 Å². The molecule has 3 nitrogen and oxygen atoms in total. The lowest BCUT2D eigenvalue weighted by Crippen LogP contribution is -2.41. The van der Waals surface area contributed by atoms with Crippen molar-refractivity contribution in [1.82, 2.24) is 0 Å². The van der Waals surface area contributed by atoms with Crippen molar-refractivity contribution in [2.45, 2.75) is 136 Å². The van der Waals surface area contributed by atoms with E-state index in [2.05, 4.69) is 27.9 Å². The van der Waals surface area contributed by atoms with E-state index in [1.807, 2.05) is 0 Å². The Morgan fingerprint density at radius 3 is 1.00 bits per heavy atom. The van der Waals surface area contributed by atoms with Crippen LogP contribution in [0.5, 0.6) is 0 Å². The maximum Gasteiger partial charge on any atom is 0.0782 e. The molecular formula is C26H55NO2. The Bertz CT molecular complexity index is 325. The first-order valence-corrected chi connectivity index (χ1v) is 12.8. The summed E-state index contributed by atoms with van der Waals surface area (Å²) in [7, 11) is 4.88. The topological polar surface area (TPSA) is 40.1 Å². The van der Waals surface area contributed by atoms with Crippen molar-refractivity contribution in [1.29, 1.82) is 0 Å². The molecular weight excluding hydrogens is 358 g/mol. The van der Waals surface area contributed by atoms with Crippen LogP contribution in [0.1, 0.15) is 136 Å². The largest absolute Gasteiger partial charge is 0.550 e. The van der Waals surface area contributed by atoms with Gasteiger partial charge in [-0.2, -0.15) is 0 Å².